The van der Waals surface area contributed by atoms with E-state index < -0.39 is 11.6 Å². The molecule has 1 heterocycles. The molecule has 1 aromatic heterocycles. The lowest BCUT2D eigenvalue weighted by atomic mass is 10.3. The number of ether oxygens (including phenoxy) is 1. The Morgan fingerprint density at radius 3 is 2.95 bits per heavy atom. The summed E-state index contributed by atoms with van der Waals surface area (Å²) in [6.07, 6.45) is 0. The van der Waals surface area contributed by atoms with E-state index in [0.29, 0.717) is 17.3 Å². The molecule has 0 radical (unpaired) electrons. The predicted molar refractivity (Wildman–Crippen MR) is 67.2 cm³/mol. The van der Waals surface area contributed by atoms with Crippen LogP contribution in [0.1, 0.15) is 5.82 Å². The van der Waals surface area contributed by atoms with E-state index in [1.807, 2.05) is 0 Å². The number of H-pyrrole nitrogens is 2. The molecule has 0 saturated heterocycles. The molecule has 0 unspecified atom stereocenters. The van der Waals surface area contributed by atoms with Crippen molar-refractivity contribution >= 4 is 11.8 Å². The van der Waals surface area contributed by atoms with Gasteiger partial charge in [-0.3, -0.25) is 4.98 Å². The molecule has 0 fully saturated rings. The largest absolute Gasteiger partial charge is 0.490 e. The van der Waals surface area contributed by atoms with Gasteiger partial charge in [-0.15, -0.1) is 0 Å². The van der Waals surface area contributed by atoms with Crippen molar-refractivity contribution in [2.24, 2.45) is 0 Å². The van der Waals surface area contributed by atoms with Gasteiger partial charge in [0.25, 0.3) is 0 Å². The molecular weight excluding hydrogens is 276 g/mol. The van der Waals surface area contributed by atoms with Crippen LogP contribution in [0.2, 0.25) is 0 Å². The third-order valence-corrected chi connectivity index (χ3v) is 3.10. The summed E-state index contributed by atoms with van der Waals surface area (Å²) >= 11 is 1.46. The van der Waals surface area contributed by atoms with Crippen LogP contribution in [0.3, 0.4) is 0 Å². The Morgan fingerprint density at radius 2 is 2.21 bits per heavy atom. The molecule has 0 aliphatic rings. The zero-order valence-electron chi connectivity index (χ0n) is 9.78. The van der Waals surface area contributed by atoms with E-state index in [-0.39, 0.29) is 18.0 Å². The van der Waals surface area contributed by atoms with Gasteiger partial charge in [0.1, 0.15) is 11.6 Å². The van der Waals surface area contributed by atoms with Gasteiger partial charge in [0.2, 0.25) is 0 Å². The number of thioether (sulfide) groups is 1. The van der Waals surface area contributed by atoms with E-state index in [9.17, 15) is 13.6 Å². The highest BCUT2D eigenvalue weighted by molar-refractivity contribution is 7.98. The number of aromatic nitrogens is 3. The Morgan fingerprint density at radius 1 is 1.37 bits per heavy atom. The van der Waals surface area contributed by atoms with Gasteiger partial charge in [0, 0.05) is 11.8 Å². The summed E-state index contributed by atoms with van der Waals surface area (Å²) in [5.74, 6) is 0.361. The fraction of sp³-hybridized carbons (Fsp3) is 0.273. The Kier molecular flexibility index (Phi) is 4.56. The summed E-state index contributed by atoms with van der Waals surface area (Å²) in [6.45, 7) is 0.236. The highest BCUT2D eigenvalue weighted by Crippen LogP contribution is 2.18. The van der Waals surface area contributed by atoms with Gasteiger partial charge in [-0.2, -0.15) is 16.9 Å². The van der Waals surface area contributed by atoms with Crippen molar-refractivity contribution in [3.8, 4) is 5.75 Å². The normalized spacial score (nSPS) is 10.6. The first kappa shape index (κ1) is 13.6. The van der Waals surface area contributed by atoms with E-state index in [2.05, 4.69) is 15.2 Å². The number of nitrogens with zero attached hydrogens (tertiary/aromatic N) is 1. The minimum absolute atomic E-state index is 0.103. The van der Waals surface area contributed by atoms with Gasteiger partial charge in [0.15, 0.2) is 11.6 Å². The standard InChI is InChI=1S/C11H11F2N3O2S/c12-7-1-2-8(13)9(5-7)18-3-4-19-6-10-14-11(17)16-15-10/h1-2,5H,3-4,6H2,(H2,14,15,16,17). The molecule has 19 heavy (non-hydrogen) atoms. The van der Waals surface area contributed by atoms with Gasteiger partial charge < -0.3 is 4.74 Å². The van der Waals surface area contributed by atoms with Crippen LogP contribution in [0, 0.1) is 11.6 Å². The van der Waals surface area contributed by atoms with Gasteiger partial charge >= 0.3 is 5.69 Å². The van der Waals surface area contributed by atoms with Crippen LogP contribution >= 0.6 is 11.8 Å². The van der Waals surface area contributed by atoms with Crippen LogP contribution in [0.25, 0.3) is 0 Å². The van der Waals surface area contributed by atoms with Gasteiger partial charge in [-0.25, -0.2) is 18.7 Å². The zero-order chi connectivity index (χ0) is 13.7. The van der Waals surface area contributed by atoms with Crippen molar-refractivity contribution in [3.05, 3.63) is 46.1 Å². The summed E-state index contributed by atoms with van der Waals surface area (Å²) in [5.41, 5.74) is -0.353. The van der Waals surface area contributed by atoms with Crippen LogP contribution < -0.4 is 10.4 Å². The molecule has 2 N–H and O–H groups in total. The van der Waals surface area contributed by atoms with E-state index >= 15 is 0 Å². The van der Waals surface area contributed by atoms with Crippen LogP contribution in [0.5, 0.6) is 5.75 Å². The highest BCUT2D eigenvalue weighted by Gasteiger charge is 2.05. The lowest BCUT2D eigenvalue weighted by Gasteiger charge is -2.06. The number of nitrogens with one attached hydrogen (secondary N) is 2. The molecule has 0 atom stereocenters. The van der Waals surface area contributed by atoms with Crippen LogP contribution in [-0.4, -0.2) is 27.5 Å². The molecule has 0 aliphatic carbocycles. The fourth-order valence-corrected chi connectivity index (χ4v) is 2.02. The van der Waals surface area contributed by atoms with Crippen molar-refractivity contribution in [2.75, 3.05) is 12.4 Å². The summed E-state index contributed by atoms with van der Waals surface area (Å²) in [7, 11) is 0. The second-order valence-electron chi connectivity index (χ2n) is 3.60. The van der Waals surface area contributed by atoms with Crippen molar-refractivity contribution in [3.63, 3.8) is 0 Å². The van der Waals surface area contributed by atoms with Crippen LogP contribution in [-0.2, 0) is 5.75 Å². The number of hydrogen-bond donors (Lipinski definition) is 2. The first-order valence-electron chi connectivity index (χ1n) is 5.44. The molecule has 0 amide bonds. The summed E-state index contributed by atoms with van der Waals surface area (Å²) in [6, 6.07) is 3.06. The molecule has 0 aliphatic heterocycles. The number of halogens is 2. The summed E-state index contributed by atoms with van der Waals surface area (Å²) in [4.78, 5) is 13.3. The second kappa shape index (κ2) is 6.37. The summed E-state index contributed by atoms with van der Waals surface area (Å²) < 4.78 is 31.2. The second-order valence-corrected chi connectivity index (χ2v) is 4.71. The Labute approximate surface area is 111 Å². The van der Waals surface area contributed by atoms with E-state index in [4.69, 9.17) is 4.74 Å². The average Bonchev–Trinajstić information content (AvgIpc) is 2.79. The smallest absolute Gasteiger partial charge is 0.340 e. The number of aromatic amines is 2. The third kappa shape index (κ3) is 4.09. The minimum atomic E-state index is -0.594. The molecule has 102 valence electrons. The third-order valence-electron chi connectivity index (χ3n) is 2.17. The van der Waals surface area contributed by atoms with Gasteiger partial charge in [0.05, 0.1) is 12.4 Å². The zero-order valence-corrected chi connectivity index (χ0v) is 10.6. The van der Waals surface area contributed by atoms with Crippen molar-refractivity contribution < 1.29 is 13.5 Å². The molecule has 5 nitrogen and oxygen atoms in total. The molecule has 0 saturated carbocycles. The Bertz CT molecular complexity index is 600. The maximum Gasteiger partial charge on any atom is 0.340 e. The van der Waals surface area contributed by atoms with Gasteiger partial charge in [-0.05, 0) is 12.1 Å². The topological polar surface area (TPSA) is 70.8 Å². The van der Waals surface area contributed by atoms with Gasteiger partial charge in [-0.1, -0.05) is 0 Å². The van der Waals surface area contributed by atoms with Crippen molar-refractivity contribution in [1.29, 1.82) is 0 Å². The molecule has 2 aromatic rings. The molecule has 2 rings (SSSR count). The van der Waals surface area contributed by atoms with E-state index in [1.54, 1.807) is 0 Å². The number of rotatable bonds is 6. The first-order valence-corrected chi connectivity index (χ1v) is 6.60. The molecule has 0 bridgehead atoms. The lowest BCUT2D eigenvalue weighted by molar-refractivity contribution is 0.322. The minimum Gasteiger partial charge on any atom is -0.490 e. The maximum absolute atomic E-state index is 13.2. The van der Waals surface area contributed by atoms with Crippen molar-refractivity contribution in [2.45, 2.75) is 5.75 Å². The molecule has 1 aromatic carbocycles. The SMILES string of the molecule is O=c1[nH]nc(CSCCOc2cc(F)ccc2F)[nH]1. The van der Waals surface area contributed by atoms with Crippen LogP contribution in [0.15, 0.2) is 23.0 Å². The van der Waals surface area contributed by atoms with Crippen molar-refractivity contribution in [1.82, 2.24) is 15.2 Å². The lowest BCUT2D eigenvalue weighted by Crippen LogP contribution is -2.03. The highest BCUT2D eigenvalue weighted by atomic mass is 32.2. The van der Waals surface area contributed by atoms with E-state index in [0.717, 1.165) is 18.2 Å². The molecular formula is C11H11F2N3O2S. The Balaban J connectivity index is 1.72. The van der Waals surface area contributed by atoms with E-state index in [1.165, 1.54) is 11.8 Å². The van der Waals surface area contributed by atoms with Crippen LogP contribution in [0.4, 0.5) is 8.78 Å². The molecule has 8 heteroatoms. The molecule has 0 spiro atoms. The fourth-order valence-electron chi connectivity index (χ4n) is 1.34. The summed E-state index contributed by atoms with van der Waals surface area (Å²) in [5, 5.41) is 5.99. The first-order chi connectivity index (χ1) is 9.15. The maximum atomic E-state index is 13.2. The monoisotopic (exact) mass is 287 g/mol. The number of hydrogen-bond acceptors (Lipinski definition) is 4. The quantitative estimate of drug-likeness (QED) is 0.793. The average molecular weight is 287 g/mol. The number of benzene rings is 1. The predicted octanol–water partition coefficient (Wildman–Crippen LogP) is 1.69. The Hall–Kier alpha value is -1.83.